The summed E-state index contributed by atoms with van der Waals surface area (Å²) in [6.07, 6.45) is 0. The number of aliphatic imine (C=N–C) groups is 1. The molecule has 0 saturated carbocycles. The predicted molar refractivity (Wildman–Crippen MR) is 46.9 cm³/mol. The van der Waals surface area contributed by atoms with Crippen LogP contribution in [-0.2, 0) is 4.79 Å². The fourth-order valence-electron chi connectivity index (χ4n) is 0.565. The van der Waals surface area contributed by atoms with Crippen LogP contribution in [0.2, 0.25) is 0 Å². The molecule has 1 atom stereocenters. The molecule has 74 valence electrons. The molecule has 7 nitrogen and oxygen atoms in total. The van der Waals surface area contributed by atoms with Gasteiger partial charge in [0.2, 0.25) is 0 Å². The van der Waals surface area contributed by atoms with Gasteiger partial charge in [-0.25, -0.2) is 4.99 Å². The third-order valence-electron chi connectivity index (χ3n) is 1.26. The Morgan fingerprint density at radius 1 is 1.62 bits per heavy atom. The van der Waals surface area contributed by atoms with Gasteiger partial charge in [0, 0.05) is 0 Å². The highest BCUT2D eigenvalue weighted by atomic mass is 16.4. The first-order valence-electron chi connectivity index (χ1n) is 3.47. The van der Waals surface area contributed by atoms with E-state index in [9.17, 15) is 4.79 Å². The summed E-state index contributed by atoms with van der Waals surface area (Å²) in [5.41, 5.74) is 10.0. The van der Waals surface area contributed by atoms with Crippen molar-refractivity contribution in [3.8, 4) is 0 Å². The Bertz CT molecular complexity index is 238. The topological polar surface area (TPSA) is 146 Å². The highest BCUT2D eigenvalue weighted by Gasteiger charge is 2.18. The van der Waals surface area contributed by atoms with Gasteiger partial charge in [-0.1, -0.05) is 0 Å². The lowest BCUT2D eigenvalue weighted by Crippen LogP contribution is -2.41. The molecular formula is C6H12N4O3. The van der Waals surface area contributed by atoms with E-state index < -0.39 is 18.6 Å². The van der Waals surface area contributed by atoms with E-state index in [4.69, 9.17) is 27.1 Å². The van der Waals surface area contributed by atoms with Crippen LogP contribution in [0.1, 0.15) is 0 Å². The molecule has 0 heterocycles. The number of aliphatic hydroxyl groups is 1. The maximum atomic E-state index is 10.4. The number of rotatable bonds is 4. The Labute approximate surface area is 74.6 Å². The van der Waals surface area contributed by atoms with Gasteiger partial charge in [-0.05, 0) is 0 Å². The standard InChI is InChI=1S/C6H12N4O3/c7-1-4(8)10-3(2-11)5(9)6(12)13/h5,8,11H,1-2,7,9H2,(H,12,13). The van der Waals surface area contributed by atoms with Gasteiger partial charge in [-0.15, -0.1) is 0 Å². The van der Waals surface area contributed by atoms with Crippen LogP contribution in [0.25, 0.3) is 0 Å². The Hall–Kier alpha value is -1.31. The molecule has 0 rings (SSSR count). The molecule has 0 aliphatic carbocycles. The molecule has 13 heavy (non-hydrogen) atoms. The number of nitrogens with one attached hydrogen (secondary N) is 1. The summed E-state index contributed by atoms with van der Waals surface area (Å²) in [5.74, 6) is -1.53. The van der Waals surface area contributed by atoms with E-state index in [1.54, 1.807) is 0 Å². The second kappa shape index (κ2) is 5.36. The predicted octanol–water partition coefficient (Wildman–Crippen LogP) is -2.23. The van der Waals surface area contributed by atoms with E-state index in [0.29, 0.717) is 0 Å². The number of amidine groups is 1. The molecule has 0 aliphatic heterocycles. The molecule has 0 aliphatic rings. The SMILES string of the molecule is N=C(CN)N=C(CO)C(N)C(=O)O. The van der Waals surface area contributed by atoms with E-state index >= 15 is 0 Å². The van der Waals surface area contributed by atoms with Crippen molar-refractivity contribution >= 4 is 17.5 Å². The molecule has 0 saturated heterocycles. The van der Waals surface area contributed by atoms with Gasteiger partial charge in [0.15, 0.2) is 0 Å². The normalized spacial score (nSPS) is 13.9. The van der Waals surface area contributed by atoms with Crippen molar-refractivity contribution in [1.29, 1.82) is 5.41 Å². The van der Waals surface area contributed by atoms with Gasteiger partial charge in [-0.3, -0.25) is 10.2 Å². The summed E-state index contributed by atoms with van der Waals surface area (Å²) in [4.78, 5) is 13.8. The number of aliphatic hydroxyl groups excluding tert-OH is 1. The third kappa shape index (κ3) is 3.74. The van der Waals surface area contributed by atoms with Gasteiger partial charge >= 0.3 is 5.97 Å². The lowest BCUT2D eigenvalue weighted by atomic mass is 10.2. The largest absolute Gasteiger partial charge is 0.480 e. The molecule has 1 unspecified atom stereocenters. The first-order valence-corrected chi connectivity index (χ1v) is 3.47. The zero-order chi connectivity index (χ0) is 10.4. The van der Waals surface area contributed by atoms with Crippen LogP contribution in [0.15, 0.2) is 4.99 Å². The Kier molecular flexibility index (Phi) is 4.82. The number of carboxylic acid groups (broad SMARTS) is 1. The summed E-state index contributed by atoms with van der Waals surface area (Å²) in [6.45, 7) is -0.730. The van der Waals surface area contributed by atoms with Gasteiger partial charge in [0.05, 0.1) is 18.9 Å². The molecule has 7 heteroatoms. The van der Waals surface area contributed by atoms with Gasteiger partial charge < -0.3 is 21.7 Å². The van der Waals surface area contributed by atoms with Crippen LogP contribution in [0.3, 0.4) is 0 Å². The van der Waals surface area contributed by atoms with Crippen molar-refractivity contribution in [3.05, 3.63) is 0 Å². The molecule has 0 aromatic heterocycles. The fourth-order valence-corrected chi connectivity index (χ4v) is 0.565. The lowest BCUT2D eigenvalue weighted by molar-refractivity contribution is -0.136. The number of hydrogen-bond acceptors (Lipinski definition) is 5. The van der Waals surface area contributed by atoms with Crippen LogP contribution in [0, 0.1) is 5.41 Å². The van der Waals surface area contributed by atoms with Crippen molar-refractivity contribution < 1.29 is 15.0 Å². The summed E-state index contributed by atoms with van der Waals surface area (Å²) >= 11 is 0. The Balaban J connectivity index is 4.58. The van der Waals surface area contributed by atoms with Crippen LogP contribution in [0.4, 0.5) is 0 Å². The minimum Gasteiger partial charge on any atom is -0.480 e. The molecule has 0 aromatic rings. The molecule has 0 radical (unpaired) electrons. The summed E-state index contributed by atoms with van der Waals surface area (Å²) in [5, 5.41) is 24.2. The maximum Gasteiger partial charge on any atom is 0.326 e. The number of aliphatic carboxylic acids is 1. The van der Waals surface area contributed by atoms with Gasteiger partial charge in [0.25, 0.3) is 0 Å². The quantitative estimate of drug-likeness (QED) is 0.250. The molecule has 0 fully saturated rings. The van der Waals surface area contributed by atoms with E-state index in [-0.39, 0.29) is 18.1 Å². The van der Waals surface area contributed by atoms with Crippen molar-refractivity contribution in [1.82, 2.24) is 0 Å². The number of carboxylic acids is 1. The third-order valence-corrected chi connectivity index (χ3v) is 1.26. The highest BCUT2D eigenvalue weighted by molar-refractivity contribution is 6.10. The Morgan fingerprint density at radius 2 is 2.15 bits per heavy atom. The van der Waals surface area contributed by atoms with Crippen molar-refractivity contribution in [2.24, 2.45) is 16.5 Å². The van der Waals surface area contributed by atoms with Crippen molar-refractivity contribution in [2.75, 3.05) is 13.2 Å². The molecule has 0 aromatic carbocycles. The van der Waals surface area contributed by atoms with Gasteiger partial charge in [-0.2, -0.15) is 0 Å². The van der Waals surface area contributed by atoms with Crippen LogP contribution in [-0.4, -0.2) is 46.9 Å². The van der Waals surface area contributed by atoms with E-state index in [1.807, 2.05) is 0 Å². The second-order valence-corrected chi connectivity index (χ2v) is 2.23. The average molecular weight is 188 g/mol. The summed E-state index contributed by atoms with van der Waals surface area (Å²) < 4.78 is 0. The summed E-state index contributed by atoms with van der Waals surface area (Å²) in [7, 11) is 0. The van der Waals surface area contributed by atoms with Crippen molar-refractivity contribution in [2.45, 2.75) is 6.04 Å². The van der Waals surface area contributed by atoms with Crippen molar-refractivity contribution in [3.63, 3.8) is 0 Å². The first-order chi connectivity index (χ1) is 6.02. The van der Waals surface area contributed by atoms with Crippen LogP contribution in [0.5, 0.6) is 0 Å². The minimum absolute atomic E-state index is 0.129. The number of nitrogens with zero attached hydrogens (tertiary/aromatic N) is 1. The number of hydrogen-bond donors (Lipinski definition) is 5. The van der Waals surface area contributed by atoms with Crippen LogP contribution < -0.4 is 11.5 Å². The average Bonchev–Trinajstić information content (AvgIpc) is 2.12. The molecule has 0 bridgehead atoms. The molecule has 0 spiro atoms. The maximum absolute atomic E-state index is 10.4. The molecule has 7 N–H and O–H groups in total. The number of carbonyl (C=O) groups is 1. The zero-order valence-corrected chi connectivity index (χ0v) is 6.90. The highest BCUT2D eigenvalue weighted by Crippen LogP contribution is 1.87. The molecule has 0 amide bonds. The molecular weight excluding hydrogens is 176 g/mol. The number of nitrogens with two attached hydrogens (primary N) is 2. The second-order valence-electron chi connectivity index (χ2n) is 2.23. The summed E-state index contributed by atoms with van der Waals surface area (Å²) in [6, 6.07) is -1.39. The monoisotopic (exact) mass is 188 g/mol. The fraction of sp³-hybridized carbons (Fsp3) is 0.500. The smallest absolute Gasteiger partial charge is 0.326 e. The van der Waals surface area contributed by atoms with E-state index in [1.165, 1.54) is 0 Å². The minimum atomic E-state index is -1.39. The van der Waals surface area contributed by atoms with E-state index in [0.717, 1.165) is 0 Å². The Morgan fingerprint density at radius 3 is 2.46 bits per heavy atom. The van der Waals surface area contributed by atoms with Gasteiger partial charge in [0.1, 0.15) is 11.9 Å². The van der Waals surface area contributed by atoms with E-state index in [2.05, 4.69) is 4.99 Å². The lowest BCUT2D eigenvalue weighted by Gasteiger charge is -2.07. The van der Waals surface area contributed by atoms with Crippen LogP contribution >= 0.6 is 0 Å². The first kappa shape index (κ1) is 11.7. The zero-order valence-electron chi connectivity index (χ0n) is 6.90.